The Morgan fingerprint density at radius 2 is 1.92 bits per heavy atom. The van der Waals surface area contributed by atoms with Gasteiger partial charge >= 0.3 is 0 Å². The molecule has 1 heterocycles. The lowest BCUT2D eigenvalue weighted by atomic mass is 10.1. The molecule has 128 valence electrons. The molecular weight excluding hydrogens is 334 g/mol. The maximum absolute atomic E-state index is 12.2. The molecule has 3 aromatic rings. The van der Waals surface area contributed by atoms with Gasteiger partial charge in [0.05, 0.1) is 17.4 Å². The van der Waals surface area contributed by atoms with Gasteiger partial charge in [0.1, 0.15) is 18.1 Å². The van der Waals surface area contributed by atoms with Gasteiger partial charge in [-0.2, -0.15) is 8.75 Å². The van der Waals surface area contributed by atoms with E-state index in [0.29, 0.717) is 24.5 Å². The van der Waals surface area contributed by atoms with Gasteiger partial charge in [-0.15, -0.1) is 0 Å². The van der Waals surface area contributed by atoms with Gasteiger partial charge in [-0.25, -0.2) is 0 Å². The van der Waals surface area contributed by atoms with Crippen LogP contribution in [0.4, 0.5) is 0 Å². The van der Waals surface area contributed by atoms with Crippen LogP contribution in [-0.4, -0.2) is 14.7 Å². The van der Waals surface area contributed by atoms with Gasteiger partial charge in [0.2, 0.25) is 0 Å². The summed E-state index contributed by atoms with van der Waals surface area (Å²) < 4.78 is 14.0. The Morgan fingerprint density at radius 3 is 2.60 bits per heavy atom. The quantitative estimate of drug-likeness (QED) is 0.734. The van der Waals surface area contributed by atoms with E-state index in [2.05, 4.69) is 20.1 Å². The number of hydrogen-bond acceptors (Lipinski definition) is 5. The zero-order valence-corrected chi connectivity index (χ0v) is 15.0. The van der Waals surface area contributed by atoms with Gasteiger partial charge < -0.3 is 10.1 Å². The van der Waals surface area contributed by atoms with Crippen LogP contribution in [0.2, 0.25) is 0 Å². The fourth-order valence-corrected chi connectivity index (χ4v) is 2.89. The minimum absolute atomic E-state index is 0.104. The number of benzene rings is 2. The van der Waals surface area contributed by atoms with Crippen molar-refractivity contribution < 1.29 is 9.53 Å². The molecule has 0 saturated carbocycles. The van der Waals surface area contributed by atoms with E-state index in [4.69, 9.17) is 4.74 Å². The van der Waals surface area contributed by atoms with Crippen LogP contribution in [0.5, 0.6) is 5.75 Å². The maximum Gasteiger partial charge on any atom is 0.251 e. The molecule has 0 aliphatic carbocycles. The summed E-state index contributed by atoms with van der Waals surface area (Å²) in [5.74, 6) is 0.593. The van der Waals surface area contributed by atoms with E-state index in [1.165, 1.54) is 17.3 Å². The van der Waals surface area contributed by atoms with Gasteiger partial charge in [-0.1, -0.05) is 29.8 Å². The van der Waals surface area contributed by atoms with E-state index >= 15 is 0 Å². The predicted molar refractivity (Wildman–Crippen MR) is 97.8 cm³/mol. The normalized spacial score (nSPS) is 10.5. The summed E-state index contributed by atoms with van der Waals surface area (Å²) in [6, 6.07) is 15.2. The Balaban J connectivity index is 1.54. The van der Waals surface area contributed by atoms with E-state index in [1.807, 2.05) is 32.0 Å². The van der Waals surface area contributed by atoms with Crippen LogP contribution in [0.1, 0.15) is 32.9 Å². The first-order valence-electron chi connectivity index (χ1n) is 7.96. The molecule has 0 atom stereocenters. The highest BCUT2D eigenvalue weighted by molar-refractivity contribution is 6.99. The Kier molecular flexibility index (Phi) is 5.40. The largest absolute Gasteiger partial charge is 0.487 e. The van der Waals surface area contributed by atoms with Gasteiger partial charge in [0.25, 0.3) is 5.91 Å². The SMILES string of the molecule is Cc1cccc(CNC(=O)c2ccc(OCc3nsnc3C)cc2)c1. The van der Waals surface area contributed by atoms with Crippen molar-refractivity contribution >= 4 is 17.6 Å². The topological polar surface area (TPSA) is 64.1 Å². The molecule has 1 aromatic heterocycles. The monoisotopic (exact) mass is 353 g/mol. The smallest absolute Gasteiger partial charge is 0.251 e. The van der Waals surface area contributed by atoms with Crippen LogP contribution in [-0.2, 0) is 13.2 Å². The van der Waals surface area contributed by atoms with Crippen molar-refractivity contribution in [1.82, 2.24) is 14.1 Å². The van der Waals surface area contributed by atoms with Gasteiger partial charge in [-0.05, 0) is 43.7 Å². The first-order valence-corrected chi connectivity index (χ1v) is 8.69. The average Bonchev–Trinajstić information content (AvgIpc) is 3.03. The summed E-state index contributed by atoms with van der Waals surface area (Å²) in [4.78, 5) is 12.2. The summed E-state index contributed by atoms with van der Waals surface area (Å²) in [7, 11) is 0. The molecule has 0 unspecified atom stereocenters. The van der Waals surface area contributed by atoms with E-state index < -0.39 is 0 Å². The number of rotatable bonds is 6. The van der Waals surface area contributed by atoms with Crippen LogP contribution in [0.15, 0.2) is 48.5 Å². The fourth-order valence-electron chi connectivity index (χ4n) is 2.34. The Morgan fingerprint density at radius 1 is 1.12 bits per heavy atom. The summed E-state index contributed by atoms with van der Waals surface area (Å²) >= 11 is 1.18. The highest BCUT2D eigenvalue weighted by Crippen LogP contribution is 2.15. The second kappa shape index (κ2) is 7.90. The third kappa shape index (κ3) is 4.64. The molecule has 0 bridgehead atoms. The number of hydrogen-bond donors (Lipinski definition) is 1. The van der Waals surface area contributed by atoms with Crippen molar-refractivity contribution in [2.75, 3.05) is 0 Å². The number of amides is 1. The van der Waals surface area contributed by atoms with Crippen LogP contribution >= 0.6 is 11.7 Å². The number of carbonyl (C=O) groups is 1. The molecule has 3 rings (SSSR count). The number of aromatic nitrogens is 2. The van der Waals surface area contributed by atoms with Crippen LogP contribution in [0, 0.1) is 13.8 Å². The second-order valence-corrected chi connectivity index (χ2v) is 6.31. The summed E-state index contributed by atoms with van der Waals surface area (Å²) in [5.41, 5.74) is 4.59. The maximum atomic E-state index is 12.2. The fraction of sp³-hybridized carbons (Fsp3) is 0.211. The number of aryl methyl sites for hydroxylation is 2. The lowest BCUT2D eigenvalue weighted by Crippen LogP contribution is -2.22. The number of nitrogens with one attached hydrogen (secondary N) is 1. The van der Waals surface area contributed by atoms with Gasteiger partial charge in [0.15, 0.2) is 0 Å². The van der Waals surface area contributed by atoms with Crippen molar-refractivity contribution in [2.24, 2.45) is 0 Å². The number of carbonyl (C=O) groups excluding carboxylic acids is 1. The number of ether oxygens (including phenoxy) is 1. The molecule has 5 nitrogen and oxygen atoms in total. The Labute approximate surface area is 151 Å². The molecule has 1 N–H and O–H groups in total. The molecule has 1 amide bonds. The van der Waals surface area contributed by atoms with Gasteiger partial charge in [0, 0.05) is 12.1 Å². The molecular formula is C19H19N3O2S. The molecule has 0 radical (unpaired) electrons. The van der Waals surface area contributed by atoms with Crippen LogP contribution in [0.25, 0.3) is 0 Å². The molecule has 0 fully saturated rings. The zero-order chi connectivity index (χ0) is 17.6. The van der Waals surface area contributed by atoms with E-state index in [-0.39, 0.29) is 5.91 Å². The standard InChI is InChI=1S/C19H19N3O2S/c1-13-4-3-5-15(10-13)11-20-19(23)16-6-8-17(9-7-16)24-12-18-14(2)21-25-22-18/h3-10H,11-12H2,1-2H3,(H,20,23). The second-order valence-electron chi connectivity index (χ2n) is 5.78. The first-order chi connectivity index (χ1) is 12.1. The van der Waals surface area contributed by atoms with Gasteiger partial charge in [-0.3, -0.25) is 4.79 Å². The third-order valence-corrected chi connectivity index (χ3v) is 4.43. The van der Waals surface area contributed by atoms with E-state index in [9.17, 15) is 4.79 Å². The average molecular weight is 353 g/mol. The number of nitrogens with zero attached hydrogens (tertiary/aromatic N) is 2. The molecule has 2 aromatic carbocycles. The lowest BCUT2D eigenvalue weighted by Gasteiger charge is -2.08. The molecule has 0 spiro atoms. The van der Waals surface area contributed by atoms with Crippen molar-refractivity contribution in [3.8, 4) is 5.75 Å². The van der Waals surface area contributed by atoms with Crippen molar-refractivity contribution in [1.29, 1.82) is 0 Å². The van der Waals surface area contributed by atoms with Crippen molar-refractivity contribution in [3.05, 3.63) is 76.6 Å². The first kappa shape index (κ1) is 17.1. The minimum Gasteiger partial charge on any atom is -0.487 e. The highest BCUT2D eigenvalue weighted by Gasteiger charge is 2.07. The highest BCUT2D eigenvalue weighted by atomic mass is 32.1. The molecule has 0 saturated heterocycles. The van der Waals surface area contributed by atoms with Crippen molar-refractivity contribution in [2.45, 2.75) is 27.0 Å². The van der Waals surface area contributed by atoms with E-state index in [1.54, 1.807) is 24.3 Å². The Hall–Kier alpha value is -2.73. The molecule has 0 aliphatic heterocycles. The summed E-state index contributed by atoms with van der Waals surface area (Å²) in [5, 5.41) is 2.93. The van der Waals surface area contributed by atoms with Crippen LogP contribution in [0.3, 0.4) is 0 Å². The zero-order valence-electron chi connectivity index (χ0n) is 14.2. The molecule has 25 heavy (non-hydrogen) atoms. The lowest BCUT2D eigenvalue weighted by molar-refractivity contribution is 0.0951. The van der Waals surface area contributed by atoms with E-state index in [0.717, 1.165) is 17.0 Å². The van der Waals surface area contributed by atoms with Crippen LogP contribution < -0.4 is 10.1 Å². The molecule has 6 heteroatoms. The predicted octanol–water partition coefficient (Wildman–Crippen LogP) is 3.66. The summed E-state index contributed by atoms with van der Waals surface area (Å²) in [6.07, 6.45) is 0. The summed E-state index contributed by atoms with van der Waals surface area (Å²) in [6.45, 7) is 4.83. The Bertz CT molecular complexity index is 859. The third-order valence-electron chi connectivity index (χ3n) is 3.77. The van der Waals surface area contributed by atoms with Crippen molar-refractivity contribution in [3.63, 3.8) is 0 Å². The minimum atomic E-state index is -0.104. The molecule has 0 aliphatic rings.